The van der Waals surface area contributed by atoms with Crippen LogP contribution in [0.5, 0.6) is 0 Å². The van der Waals surface area contributed by atoms with Gasteiger partial charge in [-0.2, -0.15) is 0 Å². The minimum atomic E-state index is -1.98. The molecule has 1 amide bonds. The summed E-state index contributed by atoms with van der Waals surface area (Å²) in [5, 5.41) is 121. The molecule has 0 spiro atoms. The van der Waals surface area contributed by atoms with Crippen molar-refractivity contribution in [3.63, 3.8) is 0 Å². The average molecular weight is 1480 g/mol. The maximum absolute atomic E-state index is 13.5. The molecule has 17 unspecified atom stereocenters. The fourth-order valence-electron chi connectivity index (χ4n) is 14.5. The van der Waals surface area contributed by atoms with Crippen LogP contribution in [0.4, 0.5) is 0 Å². The molecule has 0 bridgehead atoms. The van der Waals surface area contributed by atoms with Crippen LogP contribution in [0.1, 0.15) is 354 Å². The van der Waals surface area contributed by atoms with Gasteiger partial charge in [-0.15, -0.1) is 0 Å². The van der Waals surface area contributed by atoms with Crippen molar-refractivity contribution < 1.29 is 89.4 Å². The van der Waals surface area contributed by atoms with Crippen molar-refractivity contribution in [3.8, 4) is 0 Å². The predicted octanol–water partition coefficient (Wildman–Crippen LogP) is 15.2. The lowest BCUT2D eigenvalue weighted by Crippen LogP contribution is -2.66. The smallest absolute Gasteiger partial charge is 0.220 e. The topological polar surface area (TPSA) is 307 Å². The van der Waals surface area contributed by atoms with Gasteiger partial charge < -0.3 is 89.9 Å². The molecular formula is C85H157NO18. The number of allylic oxidation sites excluding steroid dienone is 7. The first-order valence-electron chi connectivity index (χ1n) is 42.9. The van der Waals surface area contributed by atoms with E-state index in [0.29, 0.717) is 12.8 Å². The second-order valence-corrected chi connectivity index (χ2v) is 30.6. The summed E-state index contributed by atoms with van der Waals surface area (Å²) >= 11 is 0. The lowest BCUT2D eigenvalue weighted by atomic mass is 9.96. The molecule has 104 heavy (non-hydrogen) atoms. The van der Waals surface area contributed by atoms with E-state index in [1.165, 1.54) is 276 Å². The normalized spacial score (nSPS) is 26.1. The molecule has 0 aromatic heterocycles. The van der Waals surface area contributed by atoms with Crippen molar-refractivity contribution in [3.05, 3.63) is 48.6 Å². The van der Waals surface area contributed by atoms with E-state index in [4.69, 9.17) is 28.4 Å². The van der Waals surface area contributed by atoms with E-state index in [1.54, 1.807) is 6.08 Å². The van der Waals surface area contributed by atoms with Crippen LogP contribution in [-0.2, 0) is 33.2 Å². The number of rotatable bonds is 69. The number of carbonyl (C=O) groups excluding carboxylic acids is 1. The fraction of sp³-hybridized carbons (Fsp3) is 0.894. The number of aliphatic hydroxyl groups is 11. The van der Waals surface area contributed by atoms with E-state index in [1.807, 2.05) is 6.08 Å². The average Bonchev–Trinajstić information content (AvgIpc) is 0.783. The SMILES string of the molecule is CCCCCCCCCC/C=C\CCCCCCCCCCCCCCCCCC(=O)NC(COC1OC(CO)C(OC2OC(CO)C(OC3OC(CO)C(O)C(O)C3O)C(O)C2O)C(O)C1O)C(O)/C=C/CC/C=C/CC/C=C/CCCCCCCCCCCCCCCCCCCCCCCC. The van der Waals surface area contributed by atoms with Gasteiger partial charge in [0.2, 0.25) is 5.91 Å². The first-order chi connectivity index (χ1) is 50.8. The highest BCUT2D eigenvalue weighted by Gasteiger charge is 2.54. The molecule has 0 aliphatic carbocycles. The zero-order valence-electron chi connectivity index (χ0n) is 65.5. The summed E-state index contributed by atoms with van der Waals surface area (Å²) < 4.78 is 34.5. The second-order valence-electron chi connectivity index (χ2n) is 30.6. The third kappa shape index (κ3) is 44.6. The molecule has 0 aromatic carbocycles. The molecule has 0 radical (unpaired) electrons. The Morgan fingerprint density at radius 3 is 0.962 bits per heavy atom. The van der Waals surface area contributed by atoms with Crippen molar-refractivity contribution in [1.82, 2.24) is 5.32 Å². The van der Waals surface area contributed by atoms with Crippen LogP contribution in [0, 0.1) is 0 Å². The van der Waals surface area contributed by atoms with Gasteiger partial charge in [0.05, 0.1) is 38.6 Å². The van der Waals surface area contributed by atoms with Gasteiger partial charge in [-0.3, -0.25) is 4.79 Å². The minimum absolute atomic E-state index is 0.234. The van der Waals surface area contributed by atoms with Gasteiger partial charge >= 0.3 is 0 Å². The van der Waals surface area contributed by atoms with Gasteiger partial charge in [0.1, 0.15) is 73.2 Å². The Balaban J connectivity index is 1.37. The second kappa shape index (κ2) is 65.5. The standard InChI is InChI=1S/C85H157NO18/c1-3-5-7-9-11-13-15-17-19-21-23-25-27-29-31-32-33-34-35-37-38-40-42-44-46-48-50-52-54-56-58-60-62-69(90)68(86-73(91)63-61-59-57-55-53-51-49-47-45-43-41-39-36-30-28-26-24-22-20-18-16-14-12-10-8-6-4-2)67-99-83-79(97)76(94)81(71(65-88)101-83)104-85-80(98)77(95)82(72(66-89)102-85)103-84-78(96)75(93)74(92)70(64-87)100-84/h22,24,44,46,52,54,60,62,68-72,74-85,87-90,92-98H,3-21,23,25-43,45,47-51,53,55-59,61,63-67H2,1-2H3,(H,86,91)/b24-22-,46-44+,54-52+,62-60+. The molecule has 0 saturated carbocycles. The van der Waals surface area contributed by atoms with Crippen molar-refractivity contribution >= 4 is 5.91 Å². The van der Waals surface area contributed by atoms with Gasteiger partial charge in [0.15, 0.2) is 18.9 Å². The molecule has 19 nitrogen and oxygen atoms in total. The summed E-state index contributed by atoms with van der Waals surface area (Å²) in [6, 6.07) is -0.999. The van der Waals surface area contributed by atoms with Gasteiger partial charge in [-0.05, 0) is 70.6 Å². The van der Waals surface area contributed by atoms with Crippen molar-refractivity contribution in [1.29, 1.82) is 0 Å². The van der Waals surface area contributed by atoms with E-state index in [2.05, 4.69) is 55.6 Å². The Hall–Kier alpha value is -2.25. The predicted molar refractivity (Wildman–Crippen MR) is 416 cm³/mol. The molecular weight excluding hydrogens is 1320 g/mol. The summed E-state index contributed by atoms with van der Waals surface area (Å²) in [7, 11) is 0. The van der Waals surface area contributed by atoms with Crippen LogP contribution in [-0.4, -0.2) is 193 Å². The van der Waals surface area contributed by atoms with Crippen molar-refractivity contribution in [2.24, 2.45) is 0 Å². The van der Waals surface area contributed by atoms with E-state index in [-0.39, 0.29) is 18.9 Å². The van der Waals surface area contributed by atoms with E-state index >= 15 is 0 Å². The Bertz CT molecular complexity index is 2060. The molecule has 19 heteroatoms. The van der Waals surface area contributed by atoms with Crippen LogP contribution < -0.4 is 5.32 Å². The lowest BCUT2D eigenvalue weighted by molar-refractivity contribution is -0.379. The Kier molecular flexibility index (Phi) is 60.4. The number of carbonyl (C=O) groups is 1. The van der Waals surface area contributed by atoms with Crippen molar-refractivity contribution in [2.45, 2.75) is 458 Å². The molecule has 3 heterocycles. The number of amides is 1. The zero-order chi connectivity index (χ0) is 75.3. The number of hydrogen-bond donors (Lipinski definition) is 12. The van der Waals surface area contributed by atoms with Crippen molar-refractivity contribution in [2.75, 3.05) is 26.4 Å². The van der Waals surface area contributed by atoms with Crippen LogP contribution in [0.3, 0.4) is 0 Å². The highest BCUT2D eigenvalue weighted by atomic mass is 16.8. The molecule has 3 aliphatic rings. The summed E-state index contributed by atoms with van der Waals surface area (Å²) in [6.45, 7) is 1.76. The molecule has 3 fully saturated rings. The summed E-state index contributed by atoms with van der Waals surface area (Å²) in [6.07, 6.45) is 56.9. The highest BCUT2D eigenvalue weighted by molar-refractivity contribution is 5.76. The van der Waals surface area contributed by atoms with Gasteiger partial charge in [0, 0.05) is 6.42 Å². The maximum atomic E-state index is 13.5. The van der Waals surface area contributed by atoms with Crippen LogP contribution in [0.15, 0.2) is 48.6 Å². The third-order valence-corrected chi connectivity index (χ3v) is 21.3. The fourth-order valence-corrected chi connectivity index (χ4v) is 14.5. The molecule has 0 aromatic rings. The van der Waals surface area contributed by atoms with E-state index in [0.717, 1.165) is 44.9 Å². The van der Waals surface area contributed by atoms with Gasteiger partial charge in [-0.1, -0.05) is 326 Å². The third-order valence-electron chi connectivity index (χ3n) is 21.3. The number of aliphatic hydroxyl groups excluding tert-OH is 11. The van der Waals surface area contributed by atoms with Crippen LogP contribution in [0.2, 0.25) is 0 Å². The van der Waals surface area contributed by atoms with Crippen LogP contribution in [0.25, 0.3) is 0 Å². The quantitative estimate of drug-likeness (QED) is 0.0199. The highest BCUT2D eigenvalue weighted by Crippen LogP contribution is 2.33. The lowest BCUT2D eigenvalue weighted by Gasteiger charge is -2.48. The zero-order valence-corrected chi connectivity index (χ0v) is 65.5. The number of hydrogen-bond acceptors (Lipinski definition) is 18. The monoisotopic (exact) mass is 1480 g/mol. The molecule has 3 saturated heterocycles. The Morgan fingerprint density at radius 2 is 0.615 bits per heavy atom. The summed E-state index contributed by atoms with van der Waals surface area (Å²) in [5.41, 5.74) is 0. The van der Waals surface area contributed by atoms with E-state index < -0.39 is 124 Å². The molecule has 3 rings (SSSR count). The molecule has 17 atom stereocenters. The first-order valence-corrected chi connectivity index (χ1v) is 42.9. The number of nitrogens with one attached hydrogen (secondary N) is 1. The number of unbranched alkanes of at least 4 members (excludes halogenated alkanes) is 47. The first kappa shape index (κ1) is 96.0. The van der Waals surface area contributed by atoms with Crippen LogP contribution >= 0.6 is 0 Å². The molecule has 12 N–H and O–H groups in total. The van der Waals surface area contributed by atoms with Gasteiger partial charge in [-0.25, -0.2) is 0 Å². The Morgan fingerprint density at radius 1 is 0.337 bits per heavy atom. The molecule has 3 aliphatic heterocycles. The maximum Gasteiger partial charge on any atom is 0.220 e. The van der Waals surface area contributed by atoms with Gasteiger partial charge in [0.25, 0.3) is 0 Å². The summed E-state index contributed by atoms with van der Waals surface area (Å²) in [4.78, 5) is 13.5. The Labute approximate surface area is 631 Å². The van der Waals surface area contributed by atoms with E-state index in [9.17, 15) is 61.0 Å². The minimum Gasteiger partial charge on any atom is -0.394 e. The summed E-state index contributed by atoms with van der Waals surface area (Å²) in [5.74, 6) is -0.284. The molecule has 610 valence electrons. The largest absolute Gasteiger partial charge is 0.394 e. The number of ether oxygens (including phenoxy) is 6.